The molecule has 0 bridgehead atoms. The first-order chi connectivity index (χ1) is 9.57. The number of rotatable bonds is 4. The molecule has 0 spiro atoms. The number of hydrogen-bond donors (Lipinski definition) is 1. The second kappa shape index (κ2) is 7.09. The molecule has 0 aromatic heterocycles. The molecule has 5 nitrogen and oxygen atoms in total. The summed E-state index contributed by atoms with van der Waals surface area (Å²) in [5, 5.41) is 14.6. The molecule has 1 atom stereocenters. The third-order valence-electron chi connectivity index (χ3n) is 3.03. The van der Waals surface area contributed by atoms with Gasteiger partial charge in [-0.1, -0.05) is 44.0 Å². The Kier molecular flexibility index (Phi) is 5.98. The molecule has 0 fully saturated rings. The summed E-state index contributed by atoms with van der Waals surface area (Å²) in [5.41, 5.74) is 0.490. The number of anilines is 1. The van der Waals surface area contributed by atoms with E-state index in [0.717, 1.165) is 0 Å². The Bertz CT molecular complexity index is 533. The molecule has 0 aliphatic heterocycles. The van der Waals surface area contributed by atoms with E-state index in [4.69, 9.17) is 23.2 Å². The zero-order valence-electron chi connectivity index (χ0n) is 12.5. The third kappa shape index (κ3) is 6.31. The van der Waals surface area contributed by atoms with Crippen molar-refractivity contribution < 1.29 is 4.92 Å². The van der Waals surface area contributed by atoms with Crippen LogP contribution in [0.4, 0.5) is 5.69 Å². The monoisotopic (exact) mass is 331 g/mol. The van der Waals surface area contributed by atoms with Crippen LogP contribution in [0.1, 0.15) is 27.7 Å². The molecule has 1 rings (SSSR count). The SMILES string of the molecule is CC(N=C(C[N+](=O)[O-])Nc1cc(Cl)cc(Cl)c1)C(C)(C)C. The highest BCUT2D eigenvalue weighted by Gasteiger charge is 2.21. The Labute approximate surface area is 134 Å². The molecule has 0 saturated carbocycles. The fourth-order valence-corrected chi connectivity index (χ4v) is 1.98. The van der Waals surface area contributed by atoms with Crippen LogP contribution in [0.25, 0.3) is 0 Å². The van der Waals surface area contributed by atoms with E-state index in [-0.39, 0.29) is 23.8 Å². The van der Waals surface area contributed by atoms with E-state index in [1.165, 1.54) is 0 Å². The minimum atomic E-state index is -0.423. The summed E-state index contributed by atoms with van der Waals surface area (Å²) < 4.78 is 0. The summed E-state index contributed by atoms with van der Waals surface area (Å²) in [5.74, 6) is 0.278. The molecule has 0 heterocycles. The zero-order valence-corrected chi connectivity index (χ0v) is 14.0. The van der Waals surface area contributed by atoms with Gasteiger partial charge in [0.1, 0.15) is 0 Å². The highest BCUT2D eigenvalue weighted by Crippen LogP contribution is 2.24. The molecule has 0 aliphatic rings. The Morgan fingerprint density at radius 3 is 2.29 bits per heavy atom. The Morgan fingerprint density at radius 1 is 1.33 bits per heavy atom. The molecule has 7 heteroatoms. The lowest BCUT2D eigenvalue weighted by molar-refractivity contribution is -0.463. The van der Waals surface area contributed by atoms with Crippen molar-refractivity contribution in [1.29, 1.82) is 0 Å². The van der Waals surface area contributed by atoms with Crippen LogP contribution in [-0.4, -0.2) is 23.3 Å². The smallest absolute Gasteiger partial charge is 0.260 e. The minimum absolute atomic E-state index is 0.0744. The van der Waals surface area contributed by atoms with Gasteiger partial charge in [-0.05, 0) is 30.5 Å². The number of nitrogens with one attached hydrogen (secondary N) is 1. The van der Waals surface area contributed by atoms with Gasteiger partial charge in [0.25, 0.3) is 6.54 Å². The molecule has 1 aromatic carbocycles. The van der Waals surface area contributed by atoms with E-state index in [2.05, 4.69) is 10.3 Å². The minimum Gasteiger partial charge on any atom is -0.338 e. The maximum Gasteiger partial charge on any atom is 0.260 e. The zero-order chi connectivity index (χ0) is 16.2. The average molecular weight is 332 g/mol. The van der Waals surface area contributed by atoms with Crippen LogP contribution in [0.5, 0.6) is 0 Å². The predicted octanol–water partition coefficient (Wildman–Crippen LogP) is 4.52. The van der Waals surface area contributed by atoms with E-state index in [1.54, 1.807) is 18.2 Å². The Morgan fingerprint density at radius 2 is 1.86 bits per heavy atom. The maximum absolute atomic E-state index is 10.8. The van der Waals surface area contributed by atoms with Gasteiger partial charge in [-0.2, -0.15) is 0 Å². The highest BCUT2D eigenvalue weighted by atomic mass is 35.5. The van der Waals surface area contributed by atoms with Crippen molar-refractivity contribution in [3.63, 3.8) is 0 Å². The van der Waals surface area contributed by atoms with Gasteiger partial charge in [-0.25, -0.2) is 0 Å². The largest absolute Gasteiger partial charge is 0.338 e. The van der Waals surface area contributed by atoms with Crippen LogP contribution >= 0.6 is 23.2 Å². The molecular weight excluding hydrogens is 313 g/mol. The Balaban J connectivity index is 3.03. The number of halogens is 2. The molecule has 1 unspecified atom stereocenters. The van der Waals surface area contributed by atoms with Gasteiger partial charge in [-0.15, -0.1) is 0 Å². The molecule has 0 saturated heterocycles. The van der Waals surface area contributed by atoms with Crippen LogP contribution in [0.2, 0.25) is 10.0 Å². The summed E-state index contributed by atoms with van der Waals surface area (Å²) in [6.45, 7) is 7.63. The molecule has 0 radical (unpaired) electrons. The van der Waals surface area contributed by atoms with Gasteiger partial charge in [0.15, 0.2) is 5.84 Å². The van der Waals surface area contributed by atoms with Gasteiger partial charge in [-0.3, -0.25) is 15.1 Å². The number of aliphatic imine (C=N–C) groups is 1. The van der Waals surface area contributed by atoms with E-state index < -0.39 is 4.92 Å². The molecule has 21 heavy (non-hydrogen) atoms. The van der Waals surface area contributed by atoms with Crippen molar-refractivity contribution in [3.05, 3.63) is 38.4 Å². The lowest BCUT2D eigenvalue weighted by Crippen LogP contribution is -2.28. The molecule has 0 aliphatic carbocycles. The lowest BCUT2D eigenvalue weighted by atomic mass is 9.88. The van der Waals surface area contributed by atoms with Crippen molar-refractivity contribution in [1.82, 2.24) is 0 Å². The van der Waals surface area contributed by atoms with E-state index in [1.807, 2.05) is 27.7 Å². The standard InChI is InChI=1S/C14H19Cl2N3O2/c1-9(14(2,3)4)17-13(8-19(20)21)18-12-6-10(15)5-11(16)7-12/h5-7,9H,8H2,1-4H3,(H,17,18). The lowest BCUT2D eigenvalue weighted by Gasteiger charge is -2.24. The predicted molar refractivity (Wildman–Crippen MR) is 88.3 cm³/mol. The maximum atomic E-state index is 10.8. The third-order valence-corrected chi connectivity index (χ3v) is 3.47. The second-order valence-electron chi connectivity index (χ2n) is 5.89. The number of amidine groups is 1. The van der Waals surface area contributed by atoms with E-state index in [9.17, 15) is 10.1 Å². The quantitative estimate of drug-likeness (QED) is 0.382. The van der Waals surface area contributed by atoms with Crippen molar-refractivity contribution in [3.8, 4) is 0 Å². The first-order valence-electron chi connectivity index (χ1n) is 6.49. The van der Waals surface area contributed by atoms with Gasteiger partial charge < -0.3 is 5.32 Å². The van der Waals surface area contributed by atoms with Crippen molar-refractivity contribution in [2.75, 3.05) is 11.9 Å². The first kappa shape index (κ1) is 17.7. The summed E-state index contributed by atoms with van der Waals surface area (Å²) in [4.78, 5) is 14.8. The fraction of sp³-hybridized carbons (Fsp3) is 0.500. The van der Waals surface area contributed by atoms with Crippen molar-refractivity contribution in [2.24, 2.45) is 10.4 Å². The molecule has 116 valence electrons. The number of nitrogens with zero attached hydrogens (tertiary/aromatic N) is 2. The van der Waals surface area contributed by atoms with E-state index in [0.29, 0.717) is 15.7 Å². The molecule has 1 N–H and O–H groups in total. The number of hydrogen-bond acceptors (Lipinski definition) is 3. The molecule has 0 amide bonds. The Hall–Kier alpha value is -1.33. The van der Waals surface area contributed by atoms with E-state index >= 15 is 0 Å². The summed E-state index contributed by atoms with van der Waals surface area (Å²) in [7, 11) is 0. The fourth-order valence-electron chi connectivity index (χ4n) is 1.45. The average Bonchev–Trinajstić information content (AvgIpc) is 2.24. The first-order valence-corrected chi connectivity index (χ1v) is 7.25. The summed E-state index contributed by atoms with van der Waals surface area (Å²) in [6.07, 6.45) is 0. The normalized spacial score (nSPS) is 13.9. The number of benzene rings is 1. The van der Waals surface area contributed by atoms with Gasteiger partial charge >= 0.3 is 0 Å². The van der Waals surface area contributed by atoms with Crippen LogP contribution in [0, 0.1) is 15.5 Å². The van der Waals surface area contributed by atoms with Crippen LogP contribution in [-0.2, 0) is 0 Å². The van der Waals surface area contributed by atoms with Gasteiger partial charge in [0.2, 0.25) is 0 Å². The van der Waals surface area contributed by atoms with Crippen molar-refractivity contribution >= 4 is 34.7 Å². The van der Waals surface area contributed by atoms with Gasteiger partial charge in [0.05, 0.1) is 6.04 Å². The summed E-state index contributed by atoms with van der Waals surface area (Å²) >= 11 is 11.8. The molecular formula is C14H19Cl2N3O2. The second-order valence-corrected chi connectivity index (χ2v) is 6.76. The molecule has 1 aromatic rings. The highest BCUT2D eigenvalue weighted by molar-refractivity contribution is 6.35. The summed E-state index contributed by atoms with van der Waals surface area (Å²) in [6, 6.07) is 4.81. The topological polar surface area (TPSA) is 67.5 Å². The number of nitro groups is 1. The van der Waals surface area contributed by atoms with Crippen LogP contribution < -0.4 is 5.32 Å². The van der Waals surface area contributed by atoms with Crippen LogP contribution in [0.15, 0.2) is 23.2 Å². The van der Waals surface area contributed by atoms with Crippen LogP contribution in [0.3, 0.4) is 0 Å². The van der Waals surface area contributed by atoms with Gasteiger partial charge in [0, 0.05) is 20.7 Å². The van der Waals surface area contributed by atoms with Crippen molar-refractivity contribution in [2.45, 2.75) is 33.7 Å².